The Bertz CT molecular complexity index is 508. The highest BCUT2D eigenvalue weighted by Gasteiger charge is 2.25. The Hall–Kier alpha value is -1.42. The fraction of sp³-hybridized carbons (Fsp3) is 0.588. The third kappa shape index (κ3) is 4.27. The fourth-order valence-corrected chi connectivity index (χ4v) is 2.94. The zero-order chi connectivity index (χ0) is 15.5. The molecule has 0 unspecified atom stereocenters. The van der Waals surface area contributed by atoms with Gasteiger partial charge >= 0.3 is 5.97 Å². The van der Waals surface area contributed by atoms with Gasteiger partial charge < -0.3 is 5.11 Å². The Morgan fingerprint density at radius 3 is 2.52 bits per heavy atom. The second kappa shape index (κ2) is 6.56. The molecule has 2 rings (SSSR count). The third-order valence-corrected chi connectivity index (χ3v) is 4.27. The fourth-order valence-electron chi connectivity index (χ4n) is 2.94. The lowest BCUT2D eigenvalue weighted by molar-refractivity contribution is -0.138. The number of carbonyl (C=O) groups is 1. The van der Waals surface area contributed by atoms with Gasteiger partial charge in [0.05, 0.1) is 6.42 Å². The number of hydrogen-bond acceptors (Lipinski definition) is 2. The summed E-state index contributed by atoms with van der Waals surface area (Å²) in [6.45, 7) is 6.38. The highest BCUT2D eigenvalue weighted by molar-refractivity contribution is 5.68. The molecule has 1 saturated heterocycles. The van der Waals surface area contributed by atoms with Crippen molar-refractivity contribution in [3.8, 4) is 0 Å². The topological polar surface area (TPSA) is 40.5 Å². The largest absolute Gasteiger partial charge is 0.481 e. The van der Waals surface area contributed by atoms with Crippen LogP contribution in [-0.4, -0.2) is 29.1 Å². The van der Waals surface area contributed by atoms with Gasteiger partial charge in [-0.3, -0.25) is 9.69 Å². The predicted octanol–water partition coefficient (Wildman–Crippen LogP) is 3.56. The van der Waals surface area contributed by atoms with Crippen molar-refractivity contribution >= 4 is 5.97 Å². The summed E-state index contributed by atoms with van der Waals surface area (Å²) < 4.78 is 14.3. The van der Waals surface area contributed by atoms with Crippen LogP contribution in [0.5, 0.6) is 0 Å². The van der Waals surface area contributed by atoms with E-state index in [4.69, 9.17) is 5.11 Å². The Morgan fingerprint density at radius 1 is 1.29 bits per heavy atom. The van der Waals surface area contributed by atoms with Crippen LogP contribution < -0.4 is 0 Å². The van der Waals surface area contributed by atoms with Crippen molar-refractivity contribution in [1.29, 1.82) is 0 Å². The number of carboxylic acid groups (broad SMARTS) is 1. The summed E-state index contributed by atoms with van der Waals surface area (Å²) in [6.07, 6.45) is 3.63. The Morgan fingerprint density at radius 2 is 1.95 bits per heavy atom. The summed E-state index contributed by atoms with van der Waals surface area (Å²) in [4.78, 5) is 13.2. The van der Waals surface area contributed by atoms with Crippen LogP contribution in [0, 0.1) is 5.82 Å². The monoisotopic (exact) mass is 293 g/mol. The molecular weight excluding hydrogens is 269 g/mol. The summed E-state index contributed by atoms with van der Waals surface area (Å²) in [5.74, 6) is -1.09. The summed E-state index contributed by atoms with van der Waals surface area (Å²) >= 11 is 0. The van der Waals surface area contributed by atoms with Gasteiger partial charge in [-0.1, -0.05) is 32.4 Å². The summed E-state index contributed by atoms with van der Waals surface area (Å²) in [7, 11) is 0. The van der Waals surface area contributed by atoms with Crippen LogP contribution >= 0.6 is 0 Å². The minimum atomic E-state index is -0.863. The first-order chi connectivity index (χ1) is 9.88. The molecule has 1 N–H and O–H groups in total. The second-order valence-corrected chi connectivity index (χ2v) is 6.60. The molecule has 21 heavy (non-hydrogen) atoms. The van der Waals surface area contributed by atoms with E-state index in [1.54, 1.807) is 0 Å². The number of likely N-dealkylation sites (tertiary alicyclic amines) is 1. The third-order valence-electron chi connectivity index (χ3n) is 4.27. The van der Waals surface area contributed by atoms with E-state index in [1.807, 2.05) is 26.0 Å². The molecule has 0 radical (unpaired) electrons. The number of nitrogens with zero attached hydrogens (tertiary/aromatic N) is 1. The first-order valence-electron chi connectivity index (χ1n) is 7.61. The van der Waals surface area contributed by atoms with Gasteiger partial charge in [-0.2, -0.15) is 0 Å². The van der Waals surface area contributed by atoms with E-state index in [2.05, 4.69) is 4.90 Å². The van der Waals surface area contributed by atoms with Crippen LogP contribution in [0.3, 0.4) is 0 Å². The van der Waals surface area contributed by atoms with Crippen molar-refractivity contribution in [3.63, 3.8) is 0 Å². The van der Waals surface area contributed by atoms with E-state index in [1.165, 1.54) is 25.3 Å². The minimum absolute atomic E-state index is 0.00207. The summed E-state index contributed by atoms with van der Waals surface area (Å²) in [6, 6.07) is 5.18. The second-order valence-electron chi connectivity index (χ2n) is 6.60. The standard InChI is InChI=1S/C17H24FNO2/c1-17(2,11-16(20)21)14-7-6-13(15(18)10-14)12-19-8-4-3-5-9-19/h6-7,10H,3-5,8-9,11-12H2,1-2H3,(H,20,21). The van der Waals surface area contributed by atoms with Gasteiger partial charge in [-0.05, 0) is 37.6 Å². The van der Waals surface area contributed by atoms with E-state index in [9.17, 15) is 9.18 Å². The molecule has 1 aromatic rings. The van der Waals surface area contributed by atoms with Crippen molar-refractivity contribution in [1.82, 2.24) is 4.90 Å². The summed E-state index contributed by atoms with van der Waals surface area (Å²) in [5, 5.41) is 8.95. The van der Waals surface area contributed by atoms with Gasteiger partial charge in [0, 0.05) is 17.5 Å². The number of benzene rings is 1. The maximum absolute atomic E-state index is 14.3. The molecule has 4 heteroatoms. The van der Waals surface area contributed by atoms with Crippen molar-refractivity contribution in [2.45, 2.75) is 51.5 Å². The van der Waals surface area contributed by atoms with Gasteiger partial charge in [0.1, 0.15) is 5.82 Å². The van der Waals surface area contributed by atoms with Crippen molar-refractivity contribution in [3.05, 3.63) is 35.1 Å². The number of rotatable bonds is 5. The zero-order valence-corrected chi connectivity index (χ0v) is 12.9. The Labute approximate surface area is 125 Å². The first-order valence-corrected chi connectivity index (χ1v) is 7.61. The number of piperidine rings is 1. The van der Waals surface area contributed by atoms with Crippen LogP contribution in [0.4, 0.5) is 4.39 Å². The lowest BCUT2D eigenvalue weighted by Gasteiger charge is -2.27. The highest BCUT2D eigenvalue weighted by atomic mass is 19.1. The maximum Gasteiger partial charge on any atom is 0.304 e. The SMILES string of the molecule is CC(C)(CC(=O)O)c1ccc(CN2CCCCC2)c(F)c1. The van der Waals surface area contributed by atoms with Gasteiger partial charge in [-0.25, -0.2) is 4.39 Å². The van der Waals surface area contributed by atoms with Crippen LogP contribution in [0.15, 0.2) is 18.2 Å². The zero-order valence-electron chi connectivity index (χ0n) is 12.9. The molecule has 1 aliphatic rings. The molecule has 0 atom stereocenters. The lowest BCUT2D eigenvalue weighted by Crippen LogP contribution is -2.29. The normalized spacial score (nSPS) is 16.9. The molecular formula is C17H24FNO2. The average molecular weight is 293 g/mol. The van der Waals surface area contributed by atoms with Gasteiger partial charge in [0.15, 0.2) is 0 Å². The van der Waals surface area contributed by atoms with Gasteiger partial charge in [-0.15, -0.1) is 0 Å². The molecule has 0 saturated carbocycles. The molecule has 1 fully saturated rings. The summed E-state index contributed by atoms with van der Waals surface area (Å²) in [5.41, 5.74) is 0.882. The lowest BCUT2D eigenvalue weighted by atomic mass is 9.81. The number of carboxylic acids is 1. The molecule has 116 valence electrons. The number of aliphatic carboxylic acids is 1. The van der Waals surface area contributed by atoms with Crippen LogP contribution in [0.25, 0.3) is 0 Å². The Kier molecular flexibility index (Phi) is 4.99. The molecule has 0 aromatic heterocycles. The highest BCUT2D eigenvalue weighted by Crippen LogP contribution is 2.29. The van der Waals surface area contributed by atoms with Crippen LogP contribution in [0.1, 0.15) is 50.7 Å². The smallest absolute Gasteiger partial charge is 0.304 e. The van der Waals surface area contributed by atoms with Crippen LogP contribution in [0.2, 0.25) is 0 Å². The van der Waals surface area contributed by atoms with Gasteiger partial charge in [0.25, 0.3) is 0 Å². The molecule has 0 spiro atoms. The predicted molar refractivity (Wildman–Crippen MR) is 80.8 cm³/mol. The molecule has 0 aliphatic carbocycles. The van der Waals surface area contributed by atoms with Gasteiger partial charge in [0.2, 0.25) is 0 Å². The van der Waals surface area contributed by atoms with Crippen LogP contribution in [-0.2, 0) is 16.8 Å². The van der Waals surface area contributed by atoms with Crippen molar-refractivity contribution < 1.29 is 14.3 Å². The van der Waals surface area contributed by atoms with E-state index in [0.29, 0.717) is 12.1 Å². The minimum Gasteiger partial charge on any atom is -0.481 e. The number of halogens is 1. The van der Waals surface area contributed by atoms with E-state index in [-0.39, 0.29) is 12.2 Å². The molecule has 1 heterocycles. The molecule has 3 nitrogen and oxygen atoms in total. The Balaban J connectivity index is 2.11. The van der Waals surface area contributed by atoms with Crippen molar-refractivity contribution in [2.24, 2.45) is 0 Å². The van der Waals surface area contributed by atoms with E-state index >= 15 is 0 Å². The maximum atomic E-state index is 14.3. The first kappa shape index (κ1) is 16.0. The average Bonchev–Trinajstić information content (AvgIpc) is 2.40. The number of hydrogen-bond donors (Lipinski definition) is 1. The van der Waals surface area contributed by atoms with E-state index in [0.717, 1.165) is 18.7 Å². The molecule has 1 aliphatic heterocycles. The molecule has 1 aromatic carbocycles. The molecule has 0 bridgehead atoms. The van der Waals surface area contributed by atoms with E-state index < -0.39 is 11.4 Å². The molecule has 0 amide bonds. The quantitative estimate of drug-likeness (QED) is 0.902. The van der Waals surface area contributed by atoms with Crippen molar-refractivity contribution in [2.75, 3.05) is 13.1 Å².